The maximum atomic E-state index is 7.75. The highest BCUT2D eigenvalue weighted by atomic mass is 79.9. The van der Waals surface area contributed by atoms with Crippen molar-refractivity contribution in [2.24, 2.45) is 0 Å². The fourth-order valence-corrected chi connectivity index (χ4v) is 3.20. The van der Waals surface area contributed by atoms with Gasteiger partial charge in [0.15, 0.2) is 6.10 Å². The van der Waals surface area contributed by atoms with Crippen LogP contribution in [-0.4, -0.2) is 9.69 Å². The van der Waals surface area contributed by atoms with Crippen molar-refractivity contribution in [3.63, 3.8) is 0 Å². The van der Waals surface area contributed by atoms with Gasteiger partial charge in [-0.05, 0) is 27.6 Å². The van der Waals surface area contributed by atoms with Crippen LogP contribution in [0.5, 0.6) is 0 Å². The normalized spacial score (nSPS) is 13.0. The van der Waals surface area contributed by atoms with Gasteiger partial charge in [-0.3, -0.25) is 5.41 Å². The van der Waals surface area contributed by atoms with Crippen molar-refractivity contribution < 1.29 is 4.74 Å². The summed E-state index contributed by atoms with van der Waals surface area (Å²) in [6.45, 7) is 0. The van der Waals surface area contributed by atoms with Gasteiger partial charge in [0, 0.05) is 9.85 Å². The standard InChI is InChI=1S/C13H9BrCl3NOS/c14-9-6-10(20-7-9)11(8-4-2-1-3-5-8)19-12(18)13(15,16)17/h1-7,11,18H. The average molecular weight is 414 g/mol. The number of hydrogen-bond donors (Lipinski definition) is 1. The first kappa shape index (κ1) is 16.1. The van der Waals surface area contributed by atoms with Crippen molar-refractivity contribution >= 4 is 68.0 Å². The molecule has 0 amide bonds. The molecule has 1 unspecified atom stereocenters. The Balaban J connectivity index is 2.33. The second-order valence-electron chi connectivity index (χ2n) is 3.90. The zero-order valence-corrected chi connectivity index (χ0v) is 14.6. The molecule has 2 aromatic rings. The molecule has 0 saturated heterocycles. The molecule has 1 atom stereocenters. The van der Waals surface area contributed by atoms with E-state index < -0.39 is 15.8 Å². The fraction of sp³-hybridized carbons (Fsp3) is 0.154. The molecule has 0 fully saturated rings. The minimum Gasteiger partial charge on any atom is -0.464 e. The van der Waals surface area contributed by atoms with Crippen LogP contribution in [0.25, 0.3) is 0 Å². The number of alkyl halides is 3. The lowest BCUT2D eigenvalue weighted by atomic mass is 10.1. The lowest BCUT2D eigenvalue weighted by molar-refractivity contribution is 0.229. The van der Waals surface area contributed by atoms with Crippen LogP contribution in [0.3, 0.4) is 0 Å². The maximum Gasteiger partial charge on any atom is 0.265 e. The van der Waals surface area contributed by atoms with Crippen LogP contribution in [0.1, 0.15) is 16.5 Å². The van der Waals surface area contributed by atoms with Gasteiger partial charge in [0.05, 0.1) is 4.88 Å². The van der Waals surface area contributed by atoms with Crippen molar-refractivity contribution in [1.29, 1.82) is 5.41 Å². The zero-order valence-electron chi connectivity index (χ0n) is 9.95. The molecule has 2 nitrogen and oxygen atoms in total. The van der Waals surface area contributed by atoms with E-state index in [1.54, 1.807) is 0 Å². The first-order valence-corrected chi connectivity index (χ1v) is 8.30. The van der Waals surface area contributed by atoms with Gasteiger partial charge in [0.25, 0.3) is 3.79 Å². The molecule has 1 heterocycles. The molecule has 0 saturated carbocycles. The molecule has 1 aromatic carbocycles. The molecule has 20 heavy (non-hydrogen) atoms. The van der Waals surface area contributed by atoms with Crippen molar-refractivity contribution in [2.45, 2.75) is 9.90 Å². The van der Waals surface area contributed by atoms with E-state index in [0.717, 1.165) is 14.9 Å². The highest BCUT2D eigenvalue weighted by Gasteiger charge is 2.32. The summed E-state index contributed by atoms with van der Waals surface area (Å²) in [5.41, 5.74) is 0.890. The molecule has 0 aliphatic carbocycles. The molecule has 0 spiro atoms. The van der Waals surface area contributed by atoms with Gasteiger partial charge in [-0.15, -0.1) is 11.3 Å². The third-order valence-corrected chi connectivity index (χ3v) is 4.69. The van der Waals surface area contributed by atoms with Crippen molar-refractivity contribution in [2.75, 3.05) is 0 Å². The van der Waals surface area contributed by atoms with E-state index in [9.17, 15) is 0 Å². The van der Waals surface area contributed by atoms with Gasteiger partial charge in [-0.25, -0.2) is 0 Å². The molecule has 0 radical (unpaired) electrons. The summed E-state index contributed by atoms with van der Waals surface area (Å²) in [4.78, 5) is 0.919. The van der Waals surface area contributed by atoms with Crippen LogP contribution in [-0.2, 0) is 4.74 Å². The van der Waals surface area contributed by atoms with Gasteiger partial charge in [-0.1, -0.05) is 65.1 Å². The Labute approximate surface area is 144 Å². The lowest BCUT2D eigenvalue weighted by Crippen LogP contribution is -2.23. The van der Waals surface area contributed by atoms with E-state index in [0.29, 0.717) is 0 Å². The average Bonchev–Trinajstić information content (AvgIpc) is 2.82. The maximum absolute atomic E-state index is 7.75. The summed E-state index contributed by atoms with van der Waals surface area (Å²) >= 11 is 22.0. The molecule has 1 N–H and O–H groups in total. The number of nitrogens with one attached hydrogen (secondary N) is 1. The highest BCUT2D eigenvalue weighted by Crippen LogP contribution is 2.36. The highest BCUT2D eigenvalue weighted by molar-refractivity contribution is 9.10. The second kappa shape index (κ2) is 6.67. The van der Waals surface area contributed by atoms with Crippen LogP contribution in [0.2, 0.25) is 0 Å². The third-order valence-electron chi connectivity index (χ3n) is 2.44. The van der Waals surface area contributed by atoms with Gasteiger partial charge in [0.1, 0.15) is 0 Å². The Bertz CT molecular complexity index is 597. The molecule has 7 heteroatoms. The zero-order chi connectivity index (χ0) is 14.8. The summed E-state index contributed by atoms with van der Waals surface area (Å²) in [6, 6.07) is 11.4. The summed E-state index contributed by atoms with van der Waals surface area (Å²) < 4.78 is 4.65. The van der Waals surface area contributed by atoms with E-state index in [1.807, 2.05) is 41.8 Å². The van der Waals surface area contributed by atoms with E-state index in [4.69, 9.17) is 44.9 Å². The van der Waals surface area contributed by atoms with Crippen LogP contribution in [0.15, 0.2) is 46.3 Å². The van der Waals surface area contributed by atoms with E-state index >= 15 is 0 Å². The second-order valence-corrected chi connectivity index (χ2v) is 8.04. The first-order chi connectivity index (χ1) is 9.38. The topological polar surface area (TPSA) is 33.1 Å². The summed E-state index contributed by atoms with van der Waals surface area (Å²) in [5.74, 6) is -0.402. The van der Waals surface area contributed by atoms with Gasteiger partial charge >= 0.3 is 0 Å². The van der Waals surface area contributed by atoms with Gasteiger partial charge in [-0.2, -0.15) is 0 Å². The number of hydrogen-bond acceptors (Lipinski definition) is 3. The lowest BCUT2D eigenvalue weighted by Gasteiger charge is -2.21. The van der Waals surface area contributed by atoms with Crippen LogP contribution < -0.4 is 0 Å². The summed E-state index contributed by atoms with van der Waals surface area (Å²) in [5, 5.41) is 9.69. The molecule has 0 aliphatic heterocycles. The smallest absolute Gasteiger partial charge is 0.265 e. The largest absolute Gasteiger partial charge is 0.464 e. The summed E-state index contributed by atoms with van der Waals surface area (Å²) in [7, 11) is 0. The number of thiophene rings is 1. The minimum absolute atomic E-state index is 0.402. The Morgan fingerprint density at radius 3 is 2.40 bits per heavy atom. The molecular formula is C13H9BrCl3NOS. The minimum atomic E-state index is -1.87. The van der Waals surface area contributed by atoms with E-state index in [2.05, 4.69) is 15.9 Å². The first-order valence-electron chi connectivity index (χ1n) is 5.49. The van der Waals surface area contributed by atoms with Crippen molar-refractivity contribution in [3.05, 3.63) is 56.7 Å². The van der Waals surface area contributed by atoms with Crippen LogP contribution in [0, 0.1) is 5.41 Å². The van der Waals surface area contributed by atoms with Gasteiger partial charge in [0.2, 0.25) is 5.90 Å². The van der Waals surface area contributed by atoms with Crippen molar-refractivity contribution in [3.8, 4) is 0 Å². The fourth-order valence-electron chi connectivity index (χ4n) is 1.57. The van der Waals surface area contributed by atoms with E-state index in [-0.39, 0.29) is 0 Å². The molecule has 0 bridgehead atoms. The van der Waals surface area contributed by atoms with Gasteiger partial charge < -0.3 is 4.74 Å². The molecule has 1 aromatic heterocycles. The Hall–Kier alpha value is -0.260. The molecular weight excluding hydrogens is 404 g/mol. The number of ether oxygens (including phenoxy) is 1. The number of benzene rings is 1. The monoisotopic (exact) mass is 411 g/mol. The molecule has 106 valence electrons. The Morgan fingerprint density at radius 1 is 1.25 bits per heavy atom. The van der Waals surface area contributed by atoms with Crippen molar-refractivity contribution in [1.82, 2.24) is 0 Å². The molecule has 0 aliphatic rings. The Morgan fingerprint density at radius 2 is 1.90 bits per heavy atom. The predicted octanol–water partition coefficient (Wildman–Crippen LogP) is 5.96. The third kappa shape index (κ3) is 4.12. The van der Waals surface area contributed by atoms with Crippen LogP contribution in [0.4, 0.5) is 0 Å². The number of halogens is 4. The van der Waals surface area contributed by atoms with E-state index in [1.165, 1.54) is 11.3 Å². The molecule has 2 rings (SSSR count). The summed E-state index contributed by atoms with van der Waals surface area (Å²) in [6.07, 6.45) is -0.476. The SMILES string of the molecule is N=C(OC(c1ccccc1)c1cc(Br)cs1)C(Cl)(Cl)Cl. The van der Waals surface area contributed by atoms with Crippen LogP contribution >= 0.6 is 62.1 Å². The Kier molecular flexibility index (Phi) is 5.37. The number of rotatable bonds is 3. The predicted molar refractivity (Wildman–Crippen MR) is 89.4 cm³/mol. The quantitative estimate of drug-likeness (QED) is 0.376.